The number of primary amides is 1. The predicted octanol–water partition coefficient (Wildman–Crippen LogP) is 0.107. The molecule has 0 spiro atoms. The van der Waals surface area contributed by atoms with Crippen molar-refractivity contribution >= 4 is 87.9 Å². The van der Waals surface area contributed by atoms with Crippen LogP contribution in [-0.4, -0.2) is 137 Å². The number of anilines is 4. The van der Waals surface area contributed by atoms with Gasteiger partial charge >= 0.3 is 0 Å². The van der Waals surface area contributed by atoms with Crippen LogP contribution in [0.2, 0.25) is 0 Å². The number of guanidine groups is 3. The highest BCUT2D eigenvalue weighted by atomic mass is 16.5. The first kappa shape index (κ1) is 65.1. The van der Waals surface area contributed by atoms with Crippen molar-refractivity contribution in [2.45, 2.75) is 69.6 Å². The number of nitrogens with two attached hydrogens (primary N) is 5. The Morgan fingerprint density at radius 2 is 0.735 bits per heavy atom. The van der Waals surface area contributed by atoms with Crippen molar-refractivity contribution in [2.75, 3.05) is 69.3 Å². The molecule has 0 aliphatic heterocycles. The van der Waals surface area contributed by atoms with E-state index in [0.29, 0.717) is 13.0 Å². The highest BCUT2D eigenvalue weighted by molar-refractivity contribution is 6.07. The van der Waals surface area contributed by atoms with Crippen molar-refractivity contribution in [3.05, 3.63) is 95.1 Å². The third-order valence-corrected chi connectivity index (χ3v) is 12.2. The Balaban J connectivity index is 1.52. The van der Waals surface area contributed by atoms with Crippen molar-refractivity contribution in [3.8, 4) is 23.0 Å². The molecule has 4 atom stereocenters. The van der Waals surface area contributed by atoms with Crippen molar-refractivity contribution in [1.29, 1.82) is 16.2 Å². The van der Waals surface area contributed by atoms with Gasteiger partial charge in [-0.2, -0.15) is 0 Å². The standard InChI is InChI=1S/C53H72N18O12/c1-27(65-45(74)33-25-30(14-18-40(33)81-3)67-48(77)36(54)9-6-20-62-51(56)57)44(73)66-29-13-17-41(82-4)34(24-29)46(75)71-38(11-8-22-64-53(60)61)50(79)69-31-15-19-42(83-5)35(26-31)47(76)70-37(10-7-21-63-52(58)59)49(78)68-28-12-16-39(80-2)32(23-28)43(55)72/h12-19,23-27,36-38H,6-11,20-22,54H2,1-5H3,(H2,55,72)(H,65,74)(H,66,73)(H,67,77)(H,68,78)(H,69,79)(H,70,76)(H,71,75)(H4,56,57,62)(H4,58,59,63)(H4,60,61,64)/t27-,36-,37-,38-/m1/s1. The van der Waals surface area contributed by atoms with Crippen LogP contribution in [0.4, 0.5) is 22.7 Å². The Labute approximate surface area is 477 Å². The van der Waals surface area contributed by atoms with Gasteiger partial charge in [-0.3, -0.25) is 54.6 Å². The van der Waals surface area contributed by atoms with Crippen LogP contribution < -0.4 is 101 Å². The number of carbonyl (C=O) groups is 8. The van der Waals surface area contributed by atoms with Crippen LogP contribution in [0.15, 0.2) is 72.8 Å². The fraction of sp³-hybridized carbons (Fsp3) is 0.340. The minimum atomic E-state index is -1.29. The van der Waals surface area contributed by atoms with E-state index in [1.807, 2.05) is 0 Å². The fourth-order valence-corrected chi connectivity index (χ4v) is 7.90. The number of hydrogen-bond donors (Lipinski definition) is 18. The minimum absolute atomic E-state index is 0.00828. The first-order valence-electron chi connectivity index (χ1n) is 25.7. The zero-order chi connectivity index (χ0) is 61.3. The zero-order valence-electron chi connectivity index (χ0n) is 46.4. The first-order chi connectivity index (χ1) is 39.5. The van der Waals surface area contributed by atoms with Gasteiger partial charge < -0.3 is 101 Å². The molecule has 0 unspecified atom stereocenters. The van der Waals surface area contributed by atoms with Crippen molar-refractivity contribution < 1.29 is 57.3 Å². The lowest BCUT2D eigenvalue weighted by molar-refractivity contribution is -0.118. The monoisotopic (exact) mass is 1150 g/mol. The Morgan fingerprint density at radius 1 is 0.434 bits per heavy atom. The van der Waals surface area contributed by atoms with Gasteiger partial charge in [-0.25, -0.2) is 0 Å². The lowest BCUT2D eigenvalue weighted by atomic mass is 10.1. The topological polar surface area (TPSA) is 495 Å². The van der Waals surface area contributed by atoms with Gasteiger partial charge in [0.15, 0.2) is 17.9 Å². The smallest absolute Gasteiger partial charge is 0.255 e. The van der Waals surface area contributed by atoms with Crippen LogP contribution in [0.1, 0.15) is 86.9 Å². The van der Waals surface area contributed by atoms with Crippen molar-refractivity contribution in [3.63, 3.8) is 0 Å². The van der Waals surface area contributed by atoms with Gasteiger partial charge in [0, 0.05) is 42.4 Å². The second kappa shape index (κ2) is 32.0. The zero-order valence-corrected chi connectivity index (χ0v) is 46.4. The lowest BCUT2D eigenvalue weighted by Gasteiger charge is -2.21. The number of nitrogens with one attached hydrogen (secondary N) is 13. The number of hydrogen-bond acceptors (Lipinski definition) is 16. The average Bonchev–Trinajstić information content (AvgIpc) is 3.45. The highest BCUT2D eigenvalue weighted by Crippen LogP contribution is 2.28. The van der Waals surface area contributed by atoms with Gasteiger partial charge in [0.2, 0.25) is 23.6 Å². The molecule has 0 aromatic heterocycles. The Morgan fingerprint density at radius 3 is 1.07 bits per heavy atom. The Kier molecular flexibility index (Phi) is 25.1. The van der Waals surface area contributed by atoms with Crippen LogP contribution >= 0.6 is 0 Å². The number of methoxy groups -OCH3 is 4. The molecule has 0 fully saturated rings. The molecule has 0 heterocycles. The molecule has 4 aromatic carbocycles. The molecule has 0 saturated carbocycles. The van der Waals surface area contributed by atoms with Crippen molar-refractivity contribution in [1.82, 2.24) is 31.9 Å². The minimum Gasteiger partial charge on any atom is -0.496 e. The average molecular weight is 1150 g/mol. The highest BCUT2D eigenvalue weighted by Gasteiger charge is 2.28. The van der Waals surface area contributed by atoms with Crippen LogP contribution in [-0.2, 0) is 19.2 Å². The third-order valence-electron chi connectivity index (χ3n) is 12.2. The van der Waals surface area contributed by atoms with E-state index < -0.39 is 71.4 Å². The molecule has 446 valence electrons. The summed E-state index contributed by atoms with van der Waals surface area (Å²) in [6, 6.07) is 12.2. The molecular weight excluding hydrogens is 1080 g/mol. The molecule has 0 saturated heterocycles. The Bertz CT molecular complexity index is 3050. The van der Waals surface area contributed by atoms with E-state index in [0.717, 1.165) is 0 Å². The maximum absolute atomic E-state index is 14.2. The molecule has 0 aliphatic carbocycles. The summed E-state index contributed by atoms with van der Waals surface area (Å²) in [7, 11) is 5.29. The molecule has 23 N–H and O–H groups in total. The fourth-order valence-electron chi connectivity index (χ4n) is 7.90. The number of rotatable bonds is 31. The maximum Gasteiger partial charge on any atom is 0.255 e. The summed E-state index contributed by atoms with van der Waals surface area (Å²) in [4.78, 5) is 108. The summed E-state index contributed by atoms with van der Waals surface area (Å²) in [6.45, 7) is 2.06. The normalized spacial score (nSPS) is 12.0. The molecular formula is C53H72N18O12. The van der Waals surface area contributed by atoms with E-state index in [9.17, 15) is 38.4 Å². The summed E-state index contributed by atoms with van der Waals surface area (Å²) in [5.74, 6) is -6.27. The second-order valence-electron chi connectivity index (χ2n) is 18.3. The van der Waals surface area contributed by atoms with Gasteiger partial charge in [0.1, 0.15) is 41.1 Å². The van der Waals surface area contributed by atoms with E-state index in [4.69, 9.17) is 63.8 Å². The number of amides is 8. The number of ether oxygens (including phenoxy) is 4. The SMILES string of the molecule is COc1ccc(NC(=O)[C@@H](CCCNC(=N)N)NC(=O)c2cc(NC(=O)[C@@H](CCCNC(=N)N)NC(=O)c3cc(NC(=O)[C@@H](C)NC(=O)c4cc(NC(=O)[C@H](N)CCCNC(=N)N)ccc4OC)ccc3OC)ccc2OC)cc1C(N)=O. The van der Waals surface area contributed by atoms with Crippen molar-refractivity contribution in [2.24, 2.45) is 28.7 Å². The van der Waals surface area contributed by atoms with E-state index in [1.165, 1.54) is 108 Å². The van der Waals surface area contributed by atoms with Gasteiger partial charge in [-0.15, -0.1) is 0 Å². The van der Waals surface area contributed by atoms with E-state index in [2.05, 4.69) is 53.2 Å². The van der Waals surface area contributed by atoms with E-state index in [1.54, 1.807) is 0 Å². The van der Waals surface area contributed by atoms with Crippen LogP contribution in [0, 0.1) is 16.2 Å². The van der Waals surface area contributed by atoms with Gasteiger partial charge in [0.05, 0.1) is 56.7 Å². The summed E-state index contributed by atoms with van der Waals surface area (Å²) in [6.07, 6.45) is 1.20. The molecule has 0 aliphatic rings. The third kappa shape index (κ3) is 20.3. The molecule has 8 amide bonds. The maximum atomic E-state index is 14.2. The van der Waals surface area contributed by atoms with Gasteiger partial charge in [0.25, 0.3) is 23.6 Å². The van der Waals surface area contributed by atoms with Gasteiger partial charge in [-0.05, 0) is 118 Å². The number of carbonyl (C=O) groups excluding carboxylic acids is 8. The summed E-state index contributed by atoms with van der Waals surface area (Å²) >= 11 is 0. The lowest BCUT2D eigenvalue weighted by Crippen LogP contribution is -2.45. The molecule has 4 aromatic rings. The molecule has 30 nitrogen and oxygen atoms in total. The molecule has 0 radical (unpaired) electrons. The number of benzene rings is 4. The van der Waals surface area contributed by atoms with E-state index >= 15 is 0 Å². The first-order valence-corrected chi connectivity index (χ1v) is 25.7. The van der Waals surface area contributed by atoms with Gasteiger partial charge in [-0.1, -0.05) is 0 Å². The molecule has 0 bridgehead atoms. The van der Waals surface area contributed by atoms with Crippen LogP contribution in [0.3, 0.4) is 0 Å². The summed E-state index contributed by atoms with van der Waals surface area (Å²) in [5.41, 5.74) is 28.0. The molecule has 30 heteroatoms. The largest absolute Gasteiger partial charge is 0.496 e. The Hall–Kier alpha value is -10.4. The second-order valence-corrected chi connectivity index (χ2v) is 18.3. The molecule has 4 rings (SSSR count). The van der Waals surface area contributed by atoms with Crippen LogP contribution in [0.25, 0.3) is 0 Å². The summed E-state index contributed by atoms with van der Waals surface area (Å²) in [5, 5.41) is 48.9. The van der Waals surface area contributed by atoms with Crippen LogP contribution in [0.5, 0.6) is 23.0 Å². The molecule has 83 heavy (non-hydrogen) atoms. The summed E-state index contributed by atoms with van der Waals surface area (Å²) < 4.78 is 21.5. The quantitative estimate of drug-likeness (QED) is 0.0181. The van der Waals surface area contributed by atoms with E-state index in [-0.39, 0.29) is 131 Å². The predicted molar refractivity (Wildman–Crippen MR) is 310 cm³/mol.